The fourth-order valence-electron chi connectivity index (χ4n) is 2.30. The van der Waals surface area contributed by atoms with Crippen LogP contribution >= 0.6 is 0 Å². The van der Waals surface area contributed by atoms with Crippen molar-refractivity contribution in [2.75, 3.05) is 30.9 Å². The van der Waals surface area contributed by atoms with Crippen LogP contribution in [0.2, 0.25) is 0 Å². The van der Waals surface area contributed by atoms with E-state index in [1.54, 1.807) is 18.3 Å². The lowest BCUT2D eigenvalue weighted by Crippen LogP contribution is -2.10. The molecule has 134 valence electrons. The Balaban J connectivity index is 1.93. The second-order valence-electron chi connectivity index (χ2n) is 5.30. The predicted octanol–water partition coefficient (Wildman–Crippen LogP) is 2.83. The number of nitrogens with zero attached hydrogens (tertiary/aromatic N) is 3. The fraction of sp³-hybridized carbons (Fsp3) is 0.167. The van der Waals surface area contributed by atoms with Crippen molar-refractivity contribution in [2.45, 2.75) is 0 Å². The minimum absolute atomic E-state index is 0.0520. The highest BCUT2D eigenvalue weighted by Gasteiger charge is 2.09. The number of benzene rings is 1. The largest absolute Gasteiger partial charge is 0.494 e. The lowest BCUT2D eigenvalue weighted by molar-refractivity contribution is 0.311. The summed E-state index contributed by atoms with van der Waals surface area (Å²) in [5.74, 6) is 0.484. The summed E-state index contributed by atoms with van der Waals surface area (Å²) in [7, 11) is 1.41. The Morgan fingerprint density at radius 3 is 2.69 bits per heavy atom. The molecule has 0 amide bonds. The molecule has 0 unspecified atom stereocenters. The van der Waals surface area contributed by atoms with Crippen LogP contribution in [-0.2, 0) is 0 Å². The average Bonchev–Trinajstić information content (AvgIpc) is 2.67. The molecule has 0 aliphatic carbocycles. The van der Waals surface area contributed by atoms with Crippen molar-refractivity contribution in [3.8, 4) is 17.1 Å². The zero-order valence-electron chi connectivity index (χ0n) is 14.1. The van der Waals surface area contributed by atoms with Gasteiger partial charge in [-0.3, -0.25) is 4.98 Å². The Kier molecular flexibility index (Phi) is 5.55. The number of methoxy groups -OCH3 is 1. The average molecular weight is 355 g/mol. The van der Waals surface area contributed by atoms with Crippen molar-refractivity contribution in [3.05, 3.63) is 54.5 Å². The lowest BCUT2D eigenvalue weighted by Gasteiger charge is -2.11. The summed E-state index contributed by atoms with van der Waals surface area (Å²) in [4.78, 5) is 13.0. The van der Waals surface area contributed by atoms with Gasteiger partial charge in [-0.25, -0.2) is 9.37 Å². The van der Waals surface area contributed by atoms with E-state index < -0.39 is 5.82 Å². The number of aliphatic hydroxyl groups is 1. The molecule has 0 aliphatic heterocycles. The maximum Gasteiger partial charge on any atom is 0.225 e. The van der Waals surface area contributed by atoms with Gasteiger partial charge < -0.3 is 20.5 Å². The highest BCUT2D eigenvalue weighted by atomic mass is 19.1. The molecule has 7 nitrogen and oxygen atoms in total. The van der Waals surface area contributed by atoms with E-state index in [9.17, 15) is 4.39 Å². The van der Waals surface area contributed by atoms with Crippen LogP contribution in [0, 0.1) is 5.82 Å². The zero-order chi connectivity index (χ0) is 18.4. The second-order valence-corrected chi connectivity index (χ2v) is 5.30. The third kappa shape index (κ3) is 4.22. The normalized spacial score (nSPS) is 10.4. The highest BCUT2D eigenvalue weighted by molar-refractivity contribution is 5.65. The van der Waals surface area contributed by atoms with Crippen LogP contribution in [0.1, 0.15) is 0 Å². The molecule has 0 atom stereocenters. The molecule has 26 heavy (non-hydrogen) atoms. The number of anilines is 3. The van der Waals surface area contributed by atoms with Crippen molar-refractivity contribution >= 4 is 17.5 Å². The molecule has 1 aromatic carbocycles. The van der Waals surface area contributed by atoms with Crippen LogP contribution < -0.4 is 15.4 Å². The van der Waals surface area contributed by atoms with Gasteiger partial charge in [0.1, 0.15) is 5.82 Å². The molecule has 3 aromatic rings. The van der Waals surface area contributed by atoms with E-state index in [-0.39, 0.29) is 12.4 Å². The number of hydrogen-bond acceptors (Lipinski definition) is 7. The van der Waals surface area contributed by atoms with Crippen LogP contribution in [-0.4, -0.2) is 40.3 Å². The van der Waals surface area contributed by atoms with E-state index in [4.69, 9.17) is 9.84 Å². The van der Waals surface area contributed by atoms with E-state index >= 15 is 0 Å². The second kappa shape index (κ2) is 8.21. The Labute approximate surface area is 149 Å². The summed E-state index contributed by atoms with van der Waals surface area (Å²) in [6, 6.07) is 11.8. The first kappa shape index (κ1) is 17.6. The Morgan fingerprint density at radius 2 is 2.00 bits per heavy atom. The molecule has 0 spiro atoms. The molecule has 0 radical (unpaired) electrons. The summed E-state index contributed by atoms with van der Waals surface area (Å²) < 4.78 is 18.8. The standard InChI is InChI=1S/C18H18FN5O2/c1-26-16-6-5-12(10-13(16)19)22-17-11-15(14-4-2-3-7-20-14)23-18(24-17)21-8-9-25/h2-7,10-11,25H,8-9H2,1H3,(H2,21,22,23,24). The van der Waals surface area contributed by atoms with Gasteiger partial charge in [-0.15, -0.1) is 0 Å². The van der Waals surface area contributed by atoms with Gasteiger partial charge in [0.2, 0.25) is 5.95 Å². The first-order valence-electron chi connectivity index (χ1n) is 7.95. The minimum Gasteiger partial charge on any atom is -0.494 e. The van der Waals surface area contributed by atoms with Crippen molar-refractivity contribution in [3.63, 3.8) is 0 Å². The number of hydrogen-bond donors (Lipinski definition) is 3. The molecular weight excluding hydrogens is 337 g/mol. The summed E-state index contributed by atoms with van der Waals surface area (Å²) in [6.45, 7) is 0.256. The van der Waals surface area contributed by atoms with E-state index in [1.165, 1.54) is 19.2 Å². The Morgan fingerprint density at radius 1 is 1.12 bits per heavy atom. The van der Waals surface area contributed by atoms with Gasteiger partial charge in [-0.05, 0) is 24.3 Å². The quantitative estimate of drug-likeness (QED) is 0.600. The smallest absolute Gasteiger partial charge is 0.225 e. The van der Waals surface area contributed by atoms with E-state index in [1.807, 2.05) is 18.2 Å². The van der Waals surface area contributed by atoms with Gasteiger partial charge in [-0.2, -0.15) is 4.98 Å². The number of pyridine rings is 1. The molecule has 2 heterocycles. The van der Waals surface area contributed by atoms with Gasteiger partial charge in [0.05, 0.1) is 25.1 Å². The third-order valence-electron chi connectivity index (χ3n) is 3.47. The Bertz CT molecular complexity index is 877. The molecule has 3 rings (SSSR count). The lowest BCUT2D eigenvalue weighted by atomic mass is 10.2. The molecule has 0 fully saturated rings. The van der Waals surface area contributed by atoms with Crippen LogP contribution in [0.5, 0.6) is 5.75 Å². The number of rotatable bonds is 7. The molecule has 8 heteroatoms. The van der Waals surface area contributed by atoms with Crippen LogP contribution in [0.3, 0.4) is 0 Å². The first-order valence-corrected chi connectivity index (χ1v) is 7.95. The van der Waals surface area contributed by atoms with Gasteiger partial charge >= 0.3 is 0 Å². The number of nitrogens with one attached hydrogen (secondary N) is 2. The number of aliphatic hydroxyl groups excluding tert-OH is 1. The summed E-state index contributed by atoms with van der Waals surface area (Å²) in [5.41, 5.74) is 1.78. The Hall–Kier alpha value is -3.26. The molecule has 3 N–H and O–H groups in total. The maximum atomic E-state index is 13.9. The monoisotopic (exact) mass is 355 g/mol. The highest BCUT2D eigenvalue weighted by Crippen LogP contribution is 2.25. The third-order valence-corrected chi connectivity index (χ3v) is 3.47. The van der Waals surface area contributed by atoms with Gasteiger partial charge in [0, 0.05) is 30.6 Å². The topological polar surface area (TPSA) is 92.2 Å². The number of halogens is 1. The van der Waals surface area contributed by atoms with Crippen molar-refractivity contribution in [1.82, 2.24) is 15.0 Å². The first-order chi connectivity index (χ1) is 12.7. The number of aromatic nitrogens is 3. The van der Waals surface area contributed by atoms with Gasteiger partial charge in [0.25, 0.3) is 0 Å². The predicted molar refractivity (Wildman–Crippen MR) is 97.1 cm³/mol. The van der Waals surface area contributed by atoms with Crippen molar-refractivity contribution < 1.29 is 14.2 Å². The van der Waals surface area contributed by atoms with Crippen LogP contribution in [0.25, 0.3) is 11.4 Å². The number of ether oxygens (including phenoxy) is 1. The van der Waals surface area contributed by atoms with E-state index in [2.05, 4.69) is 25.6 Å². The fourth-order valence-corrected chi connectivity index (χ4v) is 2.30. The zero-order valence-corrected chi connectivity index (χ0v) is 14.1. The van der Waals surface area contributed by atoms with Gasteiger partial charge in [0.15, 0.2) is 11.6 Å². The van der Waals surface area contributed by atoms with Crippen LogP contribution in [0.15, 0.2) is 48.7 Å². The maximum absolute atomic E-state index is 13.9. The van der Waals surface area contributed by atoms with Crippen LogP contribution in [0.4, 0.5) is 21.8 Å². The van der Waals surface area contributed by atoms with Crippen molar-refractivity contribution in [1.29, 1.82) is 0 Å². The molecule has 2 aromatic heterocycles. The van der Waals surface area contributed by atoms with Crippen molar-refractivity contribution in [2.24, 2.45) is 0 Å². The summed E-state index contributed by atoms with van der Waals surface area (Å²) >= 11 is 0. The molecule has 0 saturated heterocycles. The van der Waals surface area contributed by atoms with E-state index in [0.717, 1.165) is 0 Å². The minimum atomic E-state index is -0.477. The molecule has 0 saturated carbocycles. The molecule has 0 bridgehead atoms. The summed E-state index contributed by atoms with van der Waals surface area (Å²) in [6.07, 6.45) is 1.67. The summed E-state index contributed by atoms with van der Waals surface area (Å²) in [5, 5.41) is 15.0. The van der Waals surface area contributed by atoms with Gasteiger partial charge in [-0.1, -0.05) is 6.07 Å². The molecular formula is C18H18FN5O2. The molecule has 0 aliphatic rings. The SMILES string of the molecule is COc1ccc(Nc2cc(-c3ccccn3)nc(NCCO)n2)cc1F. The van der Waals surface area contributed by atoms with E-state index in [0.29, 0.717) is 35.4 Å².